The summed E-state index contributed by atoms with van der Waals surface area (Å²) >= 11 is 0. The van der Waals surface area contributed by atoms with Crippen LogP contribution in [-0.2, 0) is 0 Å². The van der Waals surface area contributed by atoms with Crippen LogP contribution in [0.5, 0.6) is 23.0 Å². The molecule has 0 aliphatic heterocycles. The van der Waals surface area contributed by atoms with Crippen LogP contribution >= 0.6 is 0 Å². The number of hydrogen-bond donors (Lipinski definition) is 0. The molecule has 0 saturated heterocycles. The smallest absolute Gasteiger partial charge is 0.189 e. The Morgan fingerprint density at radius 2 is 1.62 bits per heavy atom. The number of ketones is 1. The van der Waals surface area contributed by atoms with Crippen molar-refractivity contribution < 1.29 is 23.7 Å². The fourth-order valence-electron chi connectivity index (χ4n) is 2.44. The van der Waals surface area contributed by atoms with Crippen LogP contribution in [0, 0.1) is 0 Å². The molecule has 2 rings (SSSR count). The summed E-state index contributed by atoms with van der Waals surface area (Å²) in [6.45, 7) is 4.93. The van der Waals surface area contributed by atoms with Crippen molar-refractivity contribution in [3.05, 3.63) is 53.6 Å². The number of ether oxygens (including phenoxy) is 4. The van der Waals surface area contributed by atoms with E-state index in [1.54, 1.807) is 31.4 Å². The highest BCUT2D eigenvalue weighted by Crippen LogP contribution is 2.29. The van der Waals surface area contributed by atoms with Crippen molar-refractivity contribution in [2.75, 3.05) is 27.4 Å². The zero-order valence-corrected chi connectivity index (χ0v) is 15.6. The first kappa shape index (κ1) is 19.4. The van der Waals surface area contributed by atoms with Gasteiger partial charge >= 0.3 is 0 Å². The minimum Gasteiger partial charge on any atom is -0.497 e. The molecule has 2 aromatic rings. The van der Waals surface area contributed by atoms with Gasteiger partial charge in [-0.3, -0.25) is 4.79 Å². The van der Waals surface area contributed by atoms with E-state index in [1.165, 1.54) is 13.2 Å². The van der Waals surface area contributed by atoms with Crippen molar-refractivity contribution in [1.29, 1.82) is 0 Å². The summed E-state index contributed by atoms with van der Waals surface area (Å²) in [6, 6.07) is 10.7. The van der Waals surface area contributed by atoms with Crippen molar-refractivity contribution in [2.45, 2.75) is 13.8 Å². The largest absolute Gasteiger partial charge is 0.497 e. The Labute approximate surface area is 154 Å². The Morgan fingerprint density at radius 1 is 0.885 bits per heavy atom. The Bertz CT molecular complexity index is 780. The van der Waals surface area contributed by atoms with Crippen LogP contribution in [0.2, 0.25) is 0 Å². The summed E-state index contributed by atoms with van der Waals surface area (Å²) in [7, 11) is 3.09. The van der Waals surface area contributed by atoms with Gasteiger partial charge in [-0.2, -0.15) is 0 Å². The molecular weight excluding hydrogens is 332 g/mol. The second-order valence-electron chi connectivity index (χ2n) is 5.34. The standard InChI is InChI=1S/C21H24O5/c1-5-25-19-12-8-15(13-21(19)26-6-2)7-11-18(22)17-10-9-16(23-3)14-20(17)24-4/h7-14H,5-6H2,1-4H3/b11-7+. The van der Waals surface area contributed by atoms with Gasteiger partial charge in [-0.15, -0.1) is 0 Å². The van der Waals surface area contributed by atoms with Gasteiger partial charge in [0.2, 0.25) is 0 Å². The van der Waals surface area contributed by atoms with Crippen molar-refractivity contribution in [2.24, 2.45) is 0 Å². The maximum atomic E-state index is 12.5. The molecule has 0 radical (unpaired) electrons. The number of benzene rings is 2. The van der Waals surface area contributed by atoms with Crippen LogP contribution in [0.15, 0.2) is 42.5 Å². The van der Waals surface area contributed by atoms with Gasteiger partial charge in [0, 0.05) is 6.07 Å². The minimum atomic E-state index is -0.156. The molecule has 0 aliphatic carbocycles. The lowest BCUT2D eigenvalue weighted by Gasteiger charge is -2.11. The van der Waals surface area contributed by atoms with E-state index < -0.39 is 0 Å². The second kappa shape index (κ2) is 9.51. The van der Waals surface area contributed by atoms with E-state index in [9.17, 15) is 4.79 Å². The molecule has 0 saturated carbocycles. The van der Waals surface area contributed by atoms with Crippen molar-refractivity contribution >= 4 is 11.9 Å². The molecule has 5 nitrogen and oxygen atoms in total. The number of carbonyl (C=O) groups excluding carboxylic acids is 1. The van der Waals surface area contributed by atoms with Crippen LogP contribution in [0.1, 0.15) is 29.8 Å². The van der Waals surface area contributed by atoms with Gasteiger partial charge in [0.05, 0.1) is 33.0 Å². The summed E-state index contributed by atoms with van der Waals surface area (Å²) < 4.78 is 21.6. The Hall–Kier alpha value is -2.95. The molecule has 26 heavy (non-hydrogen) atoms. The number of carbonyl (C=O) groups is 1. The van der Waals surface area contributed by atoms with Crippen LogP contribution in [0.4, 0.5) is 0 Å². The zero-order chi connectivity index (χ0) is 18.9. The van der Waals surface area contributed by atoms with Crippen molar-refractivity contribution in [1.82, 2.24) is 0 Å². The average molecular weight is 356 g/mol. The van der Waals surface area contributed by atoms with E-state index in [1.807, 2.05) is 32.0 Å². The monoisotopic (exact) mass is 356 g/mol. The van der Waals surface area contributed by atoms with Gasteiger partial charge < -0.3 is 18.9 Å². The van der Waals surface area contributed by atoms with E-state index in [4.69, 9.17) is 18.9 Å². The summed E-state index contributed by atoms with van der Waals surface area (Å²) in [5, 5.41) is 0. The Balaban J connectivity index is 2.23. The van der Waals surface area contributed by atoms with E-state index in [0.717, 1.165) is 5.56 Å². The number of rotatable bonds is 9. The first-order chi connectivity index (χ1) is 12.6. The lowest BCUT2D eigenvalue weighted by atomic mass is 10.1. The first-order valence-corrected chi connectivity index (χ1v) is 8.47. The zero-order valence-electron chi connectivity index (χ0n) is 15.6. The molecule has 0 N–H and O–H groups in total. The molecule has 0 heterocycles. The molecular formula is C21H24O5. The summed E-state index contributed by atoms with van der Waals surface area (Å²) in [6.07, 6.45) is 3.25. The highest BCUT2D eigenvalue weighted by molar-refractivity contribution is 6.08. The molecule has 5 heteroatoms. The minimum absolute atomic E-state index is 0.156. The van der Waals surface area contributed by atoms with Crippen LogP contribution in [0.3, 0.4) is 0 Å². The number of hydrogen-bond acceptors (Lipinski definition) is 5. The third-order valence-corrected chi connectivity index (χ3v) is 3.67. The molecule has 0 aromatic heterocycles. The predicted molar refractivity (Wildman–Crippen MR) is 102 cm³/mol. The van der Waals surface area contributed by atoms with Crippen molar-refractivity contribution in [3.8, 4) is 23.0 Å². The van der Waals surface area contributed by atoms with Crippen LogP contribution in [-0.4, -0.2) is 33.2 Å². The molecule has 0 atom stereocenters. The third kappa shape index (κ3) is 4.79. The van der Waals surface area contributed by atoms with Gasteiger partial charge in [0.15, 0.2) is 17.3 Å². The Kier molecular flexibility index (Phi) is 7.09. The Morgan fingerprint density at radius 3 is 2.27 bits per heavy atom. The quantitative estimate of drug-likeness (QED) is 0.492. The van der Waals surface area contributed by atoms with Crippen molar-refractivity contribution in [3.63, 3.8) is 0 Å². The van der Waals surface area contributed by atoms with Gasteiger partial charge in [0.25, 0.3) is 0 Å². The van der Waals surface area contributed by atoms with Crippen LogP contribution in [0.25, 0.3) is 6.08 Å². The topological polar surface area (TPSA) is 54.0 Å². The number of methoxy groups -OCH3 is 2. The SMILES string of the molecule is CCOc1ccc(/C=C/C(=O)c2ccc(OC)cc2OC)cc1OCC. The molecule has 138 valence electrons. The fourth-order valence-corrected chi connectivity index (χ4v) is 2.44. The van der Waals surface area contributed by atoms with E-state index in [0.29, 0.717) is 41.8 Å². The molecule has 0 spiro atoms. The first-order valence-electron chi connectivity index (χ1n) is 8.47. The maximum absolute atomic E-state index is 12.5. The normalized spacial score (nSPS) is 10.6. The van der Waals surface area contributed by atoms with E-state index in [-0.39, 0.29) is 5.78 Å². The second-order valence-corrected chi connectivity index (χ2v) is 5.34. The lowest BCUT2D eigenvalue weighted by molar-refractivity contribution is 0.104. The molecule has 0 fully saturated rings. The van der Waals surface area contributed by atoms with Gasteiger partial charge in [0.1, 0.15) is 11.5 Å². The van der Waals surface area contributed by atoms with Gasteiger partial charge in [-0.05, 0) is 49.8 Å². The predicted octanol–water partition coefficient (Wildman–Crippen LogP) is 4.40. The van der Waals surface area contributed by atoms with Crippen LogP contribution < -0.4 is 18.9 Å². The molecule has 2 aromatic carbocycles. The van der Waals surface area contributed by atoms with E-state index >= 15 is 0 Å². The molecule has 0 bridgehead atoms. The highest BCUT2D eigenvalue weighted by Gasteiger charge is 2.11. The van der Waals surface area contributed by atoms with E-state index in [2.05, 4.69) is 0 Å². The highest BCUT2D eigenvalue weighted by atomic mass is 16.5. The number of allylic oxidation sites excluding steroid dienone is 1. The lowest BCUT2D eigenvalue weighted by Crippen LogP contribution is -2.00. The summed E-state index contributed by atoms with van der Waals surface area (Å²) in [4.78, 5) is 12.5. The molecule has 0 amide bonds. The summed E-state index contributed by atoms with van der Waals surface area (Å²) in [5.74, 6) is 2.30. The third-order valence-electron chi connectivity index (χ3n) is 3.67. The van der Waals surface area contributed by atoms with Gasteiger partial charge in [-0.1, -0.05) is 12.1 Å². The van der Waals surface area contributed by atoms with Gasteiger partial charge in [-0.25, -0.2) is 0 Å². The average Bonchev–Trinajstić information content (AvgIpc) is 2.67. The molecule has 0 unspecified atom stereocenters. The molecule has 0 aliphatic rings. The fraction of sp³-hybridized carbons (Fsp3) is 0.286. The maximum Gasteiger partial charge on any atom is 0.189 e. The summed E-state index contributed by atoms with van der Waals surface area (Å²) in [5.41, 5.74) is 1.32.